The number of carbonyl (C=O) groups is 1. The van der Waals surface area contributed by atoms with Crippen molar-refractivity contribution in [1.29, 1.82) is 0 Å². The summed E-state index contributed by atoms with van der Waals surface area (Å²) in [4.78, 5) is 17.1. The molecule has 0 saturated carbocycles. The van der Waals surface area contributed by atoms with Crippen LogP contribution in [0.25, 0.3) is 5.69 Å². The molecule has 0 fully saturated rings. The zero-order valence-corrected chi connectivity index (χ0v) is 17.3. The van der Waals surface area contributed by atoms with Gasteiger partial charge in [0.15, 0.2) is 0 Å². The van der Waals surface area contributed by atoms with Crippen LogP contribution < -0.4 is 10.1 Å². The fraction of sp³-hybridized carbons (Fsp3) is 0.318. The van der Waals surface area contributed by atoms with Gasteiger partial charge in [-0.25, -0.2) is 14.1 Å². The summed E-state index contributed by atoms with van der Waals surface area (Å²) in [6, 6.07) is 9.64. The molecule has 1 N–H and O–H groups in total. The molecule has 2 heterocycles. The lowest BCUT2D eigenvalue weighted by molar-refractivity contribution is 0.0948. The van der Waals surface area contributed by atoms with Crippen molar-refractivity contribution in [3.63, 3.8) is 0 Å². The second-order valence-corrected chi connectivity index (χ2v) is 6.98. The summed E-state index contributed by atoms with van der Waals surface area (Å²) in [5, 5.41) is 7.28. The average Bonchev–Trinajstić information content (AvgIpc) is 3.19. The molecule has 30 heavy (non-hydrogen) atoms. The predicted octanol–water partition coefficient (Wildman–Crippen LogP) is 3.49. The van der Waals surface area contributed by atoms with E-state index >= 15 is 0 Å². The van der Waals surface area contributed by atoms with Gasteiger partial charge in [0.25, 0.3) is 5.91 Å². The molecular formula is C22H25FN4O3. The molecule has 0 aliphatic carbocycles. The summed E-state index contributed by atoms with van der Waals surface area (Å²) in [5.74, 6) is -0.0840. The van der Waals surface area contributed by atoms with E-state index in [4.69, 9.17) is 9.47 Å². The Bertz CT molecular complexity index is 986. The van der Waals surface area contributed by atoms with Gasteiger partial charge in [-0.2, -0.15) is 5.10 Å². The summed E-state index contributed by atoms with van der Waals surface area (Å²) in [6.45, 7) is 5.04. The maximum Gasteiger partial charge on any atom is 0.255 e. The van der Waals surface area contributed by atoms with Crippen LogP contribution in [0.2, 0.25) is 0 Å². The van der Waals surface area contributed by atoms with Crippen LogP contribution >= 0.6 is 0 Å². The van der Waals surface area contributed by atoms with Gasteiger partial charge in [-0.05, 0) is 36.2 Å². The minimum Gasteiger partial charge on any atom is -0.475 e. The Hall–Kier alpha value is -3.26. The fourth-order valence-electron chi connectivity index (χ4n) is 3.06. The molecule has 1 aromatic carbocycles. The molecule has 0 unspecified atom stereocenters. The number of nitrogens with one attached hydrogen (secondary N) is 1. The van der Waals surface area contributed by atoms with Gasteiger partial charge in [0.1, 0.15) is 12.4 Å². The molecule has 158 valence electrons. The summed E-state index contributed by atoms with van der Waals surface area (Å²) >= 11 is 0. The third kappa shape index (κ3) is 5.01. The van der Waals surface area contributed by atoms with E-state index in [2.05, 4.69) is 15.4 Å². The Kier molecular flexibility index (Phi) is 7.13. The van der Waals surface area contributed by atoms with Crippen molar-refractivity contribution in [1.82, 2.24) is 20.1 Å². The lowest BCUT2D eigenvalue weighted by atomic mass is 10.0. The van der Waals surface area contributed by atoms with Crippen LogP contribution in [0, 0.1) is 5.82 Å². The van der Waals surface area contributed by atoms with E-state index in [0.29, 0.717) is 30.3 Å². The molecule has 8 heteroatoms. The Balaban J connectivity index is 1.77. The number of benzene rings is 1. The molecule has 1 amide bonds. The summed E-state index contributed by atoms with van der Waals surface area (Å²) in [7, 11) is 1.60. The van der Waals surface area contributed by atoms with Crippen molar-refractivity contribution >= 4 is 5.91 Å². The van der Waals surface area contributed by atoms with Crippen LogP contribution in [-0.4, -0.2) is 41.0 Å². The van der Waals surface area contributed by atoms with Crippen molar-refractivity contribution in [2.45, 2.75) is 26.3 Å². The molecule has 0 bridgehead atoms. The fourth-order valence-corrected chi connectivity index (χ4v) is 3.06. The maximum atomic E-state index is 13.3. The molecule has 0 aliphatic heterocycles. The molecule has 7 nitrogen and oxygen atoms in total. The highest BCUT2D eigenvalue weighted by Crippen LogP contribution is 2.23. The average molecular weight is 412 g/mol. The number of nitrogens with zero attached hydrogens (tertiary/aromatic N) is 3. The molecule has 0 aliphatic rings. The minimum absolute atomic E-state index is 0.0321. The summed E-state index contributed by atoms with van der Waals surface area (Å²) < 4.78 is 25.5. The molecule has 2 aromatic heterocycles. The highest BCUT2D eigenvalue weighted by molar-refractivity contribution is 5.95. The number of halogens is 1. The molecule has 0 spiro atoms. The first-order valence-electron chi connectivity index (χ1n) is 9.69. The Morgan fingerprint density at radius 1 is 1.20 bits per heavy atom. The SMILES string of the molecule is COCCOc1ncccc1CNC(=O)c1cnn(-c2ccc(F)cc2)c1C(C)C. The van der Waals surface area contributed by atoms with Gasteiger partial charge < -0.3 is 14.8 Å². The van der Waals surface area contributed by atoms with E-state index in [-0.39, 0.29) is 24.2 Å². The first kappa shape index (κ1) is 21.4. The standard InChI is InChI=1S/C22H25FN4O3/c1-15(2)20-19(14-26-27(20)18-8-6-17(23)7-9-18)21(28)25-13-16-5-4-10-24-22(16)30-12-11-29-3/h4-10,14-15H,11-13H2,1-3H3,(H,25,28). The largest absolute Gasteiger partial charge is 0.475 e. The van der Waals surface area contributed by atoms with Crippen molar-refractivity contribution in [2.24, 2.45) is 0 Å². The summed E-state index contributed by atoms with van der Waals surface area (Å²) in [5.41, 5.74) is 2.68. The zero-order valence-electron chi connectivity index (χ0n) is 17.3. The van der Waals surface area contributed by atoms with Crippen LogP contribution in [0.3, 0.4) is 0 Å². The first-order chi connectivity index (χ1) is 14.5. The Labute approximate surface area is 174 Å². The number of rotatable bonds is 9. The van der Waals surface area contributed by atoms with Crippen molar-refractivity contribution in [3.8, 4) is 11.6 Å². The van der Waals surface area contributed by atoms with Crippen LogP contribution in [0.5, 0.6) is 5.88 Å². The van der Waals surface area contributed by atoms with E-state index < -0.39 is 0 Å². The van der Waals surface area contributed by atoms with E-state index in [1.807, 2.05) is 19.9 Å². The van der Waals surface area contributed by atoms with Crippen LogP contribution in [0.4, 0.5) is 4.39 Å². The van der Waals surface area contributed by atoms with Gasteiger partial charge in [-0.1, -0.05) is 19.9 Å². The zero-order chi connectivity index (χ0) is 21.5. The highest BCUT2D eigenvalue weighted by Gasteiger charge is 2.21. The van der Waals surface area contributed by atoms with Gasteiger partial charge in [0.05, 0.1) is 29.7 Å². The summed E-state index contributed by atoms with van der Waals surface area (Å²) in [6.07, 6.45) is 3.17. The second kappa shape index (κ2) is 9.98. The molecule has 3 rings (SSSR count). The number of ether oxygens (including phenoxy) is 2. The molecule has 0 saturated heterocycles. The lowest BCUT2D eigenvalue weighted by Gasteiger charge is -2.14. The normalized spacial score (nSPS) is 11.0. The van der Waals surface area contributed by atoms with Crippen molar-refractivity contribution in [2.75, 3.05) is 20.3 Å². The van der Waals surface area contributed by atoms with Gasteiger partial charge in [-0.15, -0.1) is 0 Å². The number of pyridine rings is 1. The maximum absolute atomic E-state index is 13.3. The highest BCUT2D eigenvalue weighted by atomic mass is 19.1. The third-order valence-corrected chi connectivity index (χ3v) is 4.48. The lowest BCUT2D eigenvalue weighted by Crippen LogP contribution is -2.24. The Morgan fingerprint density at radius 3 is 2.67 bits per heavy atom. The van der Waals surface area contributed by atoms with Gasteiger partial charge >= 0.3 is 0 Å². The number of hydrogen-bond acceptors (Lipinski definition) is 5. The van der Waals surface area contributed by atoms with E-state index in [1.165, 1.54) is 18.3 Å². The van der Waals surface area contributed by atoms with Crippen LogP contribution in [0.15, 0.2) is 48.8 Å². The topological polar surface area (TPSA) is 78.3 Å². The smallest absolute Gasteiger partial charge is 0.255 e. The van der Waals surface area contributed by atoms with Crippen molar-refractivity contribution < 1.29 is 18.7 Å². The van der Waals surface area contributed by atoms with Gasteiger partial charge in [0, 0.05) is 25.4 Å². The molecule has 0 radical (unpaired) electrons. The van der Waals surface area contributed by atoms with Crippen molar-refractivity contribution in [3.05, 3.63) is 71.4 Å². The Morgan fingerprint density at radius 2 is 1.97 bits per heavy atom. The third-order valence-electron chi connectivity index (χ3n) is 4.48. The van der Waals surface area contributed by atoms with E-state index in [1.54, 1.807) is 36.2 Å². The molecular weight excluding hydrogens is 387 g/mol. The minimum atomic E-state index is -0.324. The number of amides is 1. The molecule has 3 aromatic rings. The molecule has 0 atom stereocenters. The number of carbonyl (C=O) groups excluding carboxylic acids is 1. The van der Waals surface area contributed by atoms with E-state index in [9.17, 15) is 9.18 Å². The predicted molar refractivity (Wildman–Crippen MR) is 110 cm³/mol. The second-order valence-electron chi connectivity index (χ2n) is 6.98. The number of methoxy groups -OCH3 is 1. The van der Waals surface area contributed by atoms with Gasteiger partial charge in [0.2, 0.25) is 5.88 Å². The first-order valence-corrected chi connectivity index (χ1v) is 9.69. The number of aromatic nitrogens is 3. The quantitative estimate of drug-likeness (QED) is 0.545. The van der Waals surface area contributed by atoms with E-state index in [0.717, 1.165) is 11.3 Å². The van der Waals surface area contributed by atoms with Gasteiger partial charge in [-0.3, -0.25) is 4.79 Å². The number of hydrogen-bond donors (Lipinski definition) is 1. The monoisotopic (exact) mass is 412 g/mol. The van der Waals surface area contributed by atoms with Crippen LogP contribution in [-0.2, 0) is 11.3 Å². The van der Waals surface area contributed by atoms with Crippen LogP contribution in [0.1, 0.15) is 41.4 Å².